The number of hydrogen-bond acceptors (Lipinski definition) is 3. The Morgan fingerprint density at radius 3 is 2.79 bits per heavy atom. The SMILES string of the molecule is COC[C@H]1CN(CC(=O)O)CC1(C)C. The first kappa shape index (κ1) is 11.5. The number of likely N-dealkylation sites (tertiary alicyclic amines) is 1. The first-order valence-electron chi connectivity index (χ1n) is 4.89. The van der Waals surface area contributed by atoms with E-state index in [0.29, 0.717) is 12.5 Å². The molecule has 1 rings (SSSR count). The van der Waals surface area contributed by atoms with Gasteiger partial charge in [0, 0.05) is 26.1 Å². The van der Waals surface area contributed by atoms with Crippen molar-refractivity contribution in [3.05, 3.63) is 0 Å². The summed E-state index contributed by atoms with van der Waals surface area (Å²) in [7, 11) is 1.69. The van der Waals surface area contributed by atoms with Crippen molar-refractivity contribution in [1.29, 1.82) is 0 Å². The van der Waals surface area contributed by atoms with Gasteiger partial charge in [0.15, 0.2) is 0 Å². The van der Waals surface area contributed by atoms with Crippen molar-refractivity contribution in [1.82, 2.24) is 4.90 Å². The number of nitrogens with zero attached hydrogens (tertiary/aromatic N) is 1. The number of carboxylic acids is 1. The Hall–Kier alpha value is -0.610. The van der Waals surface area contributed by atoms with Gasteiger partial charge >= 0.3 is 5.97 Å². The van der Waals surface area contributed by atoms with Gasteiger partial charge in [0.05, 0.1) is 13.2 Å². The molecule has 0 aromatic rings. The molecule has 82 valence electrons. The molecule has 0 aromatic heterocycles. The largest absolute Gasteiger partial charge is 0.480 e. The molecule has 0 amide bonds. The smallest absolute Gasteiger partial charge is 0.317 e. The maximum Gasteiger partial charge on any atom is 0.317 e. The van der Waals surface area contributed by atoms with Gasteiger partial charge < -0.3 is 9.84 Å². The van der Waals surface area contributed by atoms with Crippen molar-refractivity contribution in [3.8, 4) is 0 Å². The highest BCUT2D eigenvalue weighted by Gasteiger charge is 2.39. The quantitative estimate of drug-likeness (QED) is 0.726. The van der Waals surface area contributed by atoms with Crippen LogP contribution >= 0.6 is 0 Å². The minimum absolute atomic E-state index is 0.143. The van der Waals surface area contributed by atoms with Gasteiger partial charge in [0.25, 0.3) is 0 Å². The van der Waals surface area contributed by atoms with Gasteiger partial charge in [0.1, 0.15) is 0 Å². The second kappa shape index (κ2) is 4.28. The molecule has 0 unspecified atom stereocenters. The normalized spacial score (nSPS) is 26.6. The summed E-state index contributed by atoms with van der Waals surface area (Å²) in [6.45, 7) is 6.85. The number of carboxylic acid groups (broad SMARTS) is 1. The van der Waals surface area contributed by atoms with Crippen LogP contribution in [0.4, 0.5) is 0 Å². The van der Waals surface area contributed by atoms with Gasteiger partial charge in [-0.2, -0.15) is 0 Å². The first-order chi connectivity index (χ1) is 6.45. The average Bonchev–Trinajstić information content (AvgIpc) is 2.25. The Bertz CT molecular complexity index is 215. The summed E-state index contributed by atoms with van der Waals surface area (Å²) >= 11 is 0. The van der Waals surface area contributed by atoms with Crippen LogP contribution in [0, 0.1) is 11.3 Å². The van der Waals surface area contributed by atoms with Crippen molar-refractivity contribution in [2.24, 2.45) is 11.3 Å². The summed E-state index contributed by atoms with van der Waals surface area (Å²) in [6, 6.07) is 0. The van der Waals surface area contributed by atoms with E-state index in [1.165, 1.54) is 0 Å². The third-order valence-electron chi connectivity index (χ3n) is 2.94. The summed E-state index contributed by atoms with van der Waals surface area (Å²) in [5.74, 6) is -0.314. The molecular weight excluding hydrogens is 182 g/mol. The lowest BCUT2D eigenvalue weighted by Gasteiger charge is -2.24. The monoisotopic (exact) mass is 201 g/mol. The van der Waals surface area contributed by atoms with E-state index in [-0.39, 0.29) is 12.0 Å². The Kier molecular flexibility index (Phi) is 3.50. The lowest BCUT2D eigenvalue weighted by molar-refractivity contribution is -0.138. The summed E-state index contributed by atoms with van der Waals surface area (Å²) in [5, 5.41) is 8.69. The van der Waals surface area contributed by atoms with E-state index in [4.69, 9.17) is 9.84 Å². The minimum atomic E-state index is -0.751. The van der Waals surface area contributed by atoms with E-state index in [1.54, 1.807) is 7.11 Å². The molecule has 14 heavy (non-hydrogen) atoms. The van der Waals surface area contributed by atoms with Crippen LogP contribution in [0.3, 0.4) is 0 Å². The molecule has 4 heteroatoms. The average molecular weight is 201 g/mol. The number of hydrogen-bond donors (Lipinski definition) is 1. The fourth-order valence-electron chi connectivity index (χ4n) is 2.12. The van der Waals surface area contributed by atoms with E-state index in [2.05, 4.69) is 13.8 Å². The van der Waals surface area contributed by atoms with Gasteiger partial charge in [-0.05, 0) is 5.41 Å². The Morgan fingerprint density at radius 1 is 1.64 bits per heavy atom. The molecule has 0 spiro atoms. The van der Waals surface area contributed by atoms with Gasteiger partial charge in [-0.1, -0.05) is 13.8 Å². The zero-order valence-electron chi connectivity index (χ0n) is 9.12. The van der Waals surface area contributed by atoms with Gasteiger partial charge in [-0.25, -0.2) is 0 Å². The summed E-state index contributed by atoms with van der Waals surface area (Å²) < 4.78 is 5.14. The fourth-order valence-corrected chi connectivity index (χ4v) is 2.12. The summed E-state index contributed by atoms with van der Waals surface area (Å²) in [4.78, 5) is 12.5. The zero-order valence-corrected chi connectivity index (χ0v) is 9.12. The number of ether oxygens (including phenoxy) is 1. The highest BCUT2D eigenvalue weighted by atomic mass is 16.5. The third kappa shape index (κ3) is 2.69. The molecule has 0 saturated carbocycles. The van der Waals surface area contributed by atoms with E-state index in [0.717, 1.165) is 13.1 Å². The predicted octanol–water partition coefficient (Wildman–Crippen LogP) is 0.675. The van der Waals surface area contributed by atoms with Gasteiger partial charge in [-0.15, -0.1) is 0 Å². The van der Waals surface area contributed by atoms with Crippen LogP contribution in [-0.4, -0.2) is 49.3 Å². The predicted molar refractivity (Wildman–Crippen MR) is 53.2 cm³/mol. The molecule has 1 aliphatic rings. The lowest BCUT2D eigenvalue weighted by atomic mass is 9.83. The number of methoxy groups -OCH3 is 1. The van der Waals surface area contributed by atoms with Crippen molar-refractivity contribution in [3.63, 3.8) is 0 Å². The third-order valence-corrected chi connectivity index (χ3v) is 2.94. The number of aliphatic carboxylic acids is 1. The molecule has 1 heterocycles. The molecule has 1 aliphatic heterocycles. The van der Waals surface area contributed by atoms with Crippen molar-refractivity contribution < 1.29 is 14.6 Å². The van der Waals surface area contributed by atoms with E-state index in [1.807, 2.05) is 4.90 Å². The number of carbonyl (C=O) groups is 1. The minimum Gasteiger partial charge on any atom is -0.480 e. The Balaban J connectivity index is 2.52. The first-order valence-corrected chi connectivity index (χ1v) is 4.89. The molecule has 1 N–H and O–H groups in total. The van der Waals surface area contributed by atoms with Gasteiger partial charge in [0.2, 0.25) is 0 Å². The second-order valence-electron chi connectivity index (χ2n) is 4.70. The standard InChI is InChI=1S/C10H19NO3/c1-10(2)7-11(5-9(12)13)4-8(10)6-14-3/h8H,4-7H2,1-3H3,(H,12,13)/t8-/m1/s1. The van der Waals surface area contributed by atoms with Crippen molar-refractivity contribution in [2.45, 2.75) is 13.8 Å². The maximum absolute atomic E-state index is 10.6. The summed E-state index contributed by atoms with van der Waals surface area (Å²) in [5.41, 5.74) is 0.158. The molecule has 4 nitrogen and oxygen atoms in total. The van der Waals surface area contributed by atoms with Crippen LogP contribution in [0.1, 0.15) is 13.8 Å². The molecule has 1 saturated heterocycles. The fraction of sp³-hybridized carbons (Fsp3) is 0.900. The maximum atomic E-state index is 10.6. The second-order valence-corrected chi connectivity index (χ2v) is 4.70. The van der Waals surface area contributed by atoms with Crippen LogP contribution < -0.4 is 0 Å². The lowest BCUT2D eigenvalue weighted by Crippen LogP contribution is -2.28. The Labute approximate surface area is 84.8 Å². The molecule has 1 fully saturated rings. The van der Waals surface area contributed by atoms with Crippen LogP contribution in [-0.2, 0) is 9.53 Å². The highest BCUT2D eigenvalue weighted by molar-refractivity contribution is 5.69. The zero-order chi connectivity index (χ0) is 10.8. The molecule has 0 bridgehead atoms. The van der Waals surface area contributed by atoms with Crippen LogP contribution in [0.2, 0.25) is 0 Å². The molecule has 1 atom stereocenters. The van der Waals surface area contributed by atoms with Crippen molar-refractivity contribution >= 4 is 5.97 Å². The molecular formula is C10H19NO3. The van der Waals surface area contributed by atoms with Crippen LogP contribution in [0.25, 0.3) is 0 Å². The molecule has 0 aliphatic carbocycles. The topological polar surface area (TPSA) is 49.8 Å². The van der Waals surface area contributed by atoms with E-state index >= 15 is 0 Å². The van der Waals surface area contributed by atoms with Crippen LogP contribution in [0.15, 0.2) is 0 Å². The highest BCUT2D eigenvalue weighted by Crippen LogP contribution is 2.34. The molecule has 0 radical (unpaired) electrons. The van der Waals surface area contributed by atoms with Crippen molar-refractivity contribution in [2.75, 3.05) is 33.4 Å². The van der Waals surface area contributed by atoms with E-state index < -0.39 is 5.97 Å². The van der Waals surface area contributed by atoms with Gasteiger partial charge in [-0.3, -0.25) is 9.69 Å². The Morgan fingerprint density at radius 2 is 2.29 bits per heavy atom. The molecule has 0 aromatic carbocycles. The van der Waals surface area contributed by atoms with E-state index in [9.17, 15) is 4.79 Å². The summed E-state index contributed by atoms with van der Waals surface area (Å²) in [6.07, 6.45) is 0. The number of rotatable bonds is 4. The van der Waals surface area contributed by atoms with Crippen LogP contribution in [0.5, 0.6) is 0 Å².